The Morgan fingerprint density at radius 1 is 1.00 bits per heavy atom. The summed E-state index contributed by atoms with van der Waals surface area (Å²) in [5, 5.41) is 6.20. The van der Waals surface area contributed by atoms with E-state index < -0.39 is 0 Å². The van der Waals surface area contributed by atoms with Gasteiger partial charge >= 0.3 is 0 Å². The number of pyridine rings is 1. The van der Waals surface area contributed by atoms with E-state index >= 15 is 0 Å². The second kappa shape index (κ2) is 9.91. The first kappa shape index (κ1) is 17.1. The molecule has 1 aromatic heterocycles. The maximum absolute atomic E-state index is 11.7. The Hall–Kier alpha value is -1.91. The molecule has 21 heavy (non-hydrogen) atoms. The topological polar surface area (TPSA) is 54.0 Å². The number of benzene rings is 1. The number of amides is 1. The van der Waals surface area contributed by atoms with Gasteiger partial charge in [-0.15, -0.1) is 12.4 Å². The van der Waals surface area contributed by atoms with E-state index in [1.54, 1.807) is 18.3 Å². The van der Waals surface area contributed by atoms with Crippen molar-refractivity contribution in [1.29, 1.82) is 0 Å². The van der Waals surface area contributed by atoms with Crippen LogP contribution in [0.4, 0.5) is 0 Å². The zero-order chi connectivity index (χ0) is 14.0. The fourth-order valence-corrected chi connectivity index (χ4v) is 1.83. The summed E-state index contributed by atoms with van der Waals surface area (Å²) < 4.78 is 0. The summed E-state index contributed by atoms with van der Waals surface area (Å²) in [7, 11) is 0. The number of rotatable bonds is 7. The van der Waals surface area contributed by atoms with E-state index in [0.29, 0.717) is 12.2 Å². The number of hydrogen-bond donors (Lipinski definition) is 2. The zero-order valence-corrected chi connectivity index (χ0v) is 12.6. The molecule has 0 aliphatic carbocycles. The van der Waals surface area contributed by atoms with Crippen molar-refractivity contribution in [2.24, 2.45) is 0 Å². The predicted octanol–water partition coefficient (Wildman–Crippen LogP) is 2.41. The molecule has 0 saturated heterocycles. The van der Waals surface area contributed by atoms with Crippen molar-refractivity contribution in [3.05, 3.63) is 66.0 Å². The molecule has 0 fully saturated rings. The highest BCUT2D eigenvalue weighted by Crippen LogP contribution is 1.97. The van der Waals surface area contributed by atoms with Gasteiger partial charge in [-0.05, 0) is 30.7 Å². The minimum atomic E-state index is -0.117. The average molecular weight is 306 g/mol. The summed E-state index contributed by atoms with van der Waals surface area (Å²) in [6.45, 7) is 2.38. The van der Waals surface area contributed by atoms with Gasteiger partial charge in [0.05, 0.1) is 0 Å². The van der Waals surface area contributed by atoms with Crippen LogP contribution in [0.25, 0.3) is 0 Å². The van der Waals surface area contributed by atoms with Gasteiger partial charge in [-0.2, -0.15) is 0 Å². The second-order valence-corrected chi connectivity index (χ2v) is 4.49. The van der Waals surface area contributed by atoms with E-state index in [1.807, 2.05) is 24.3 Å². The normalized spacial score (nSPS) is 9.71. The number of nitrogens with zero attached hydrogens (tertiary/aromatic N) is 1. The van der Waals surface area contributed by atoms with Gasteiger partial charge in [0.1, 0.15) is 5.69 Å². The molecule has 4 nitrogen and oxygen atoms in total. The lowest BCUT2D eigenvalue weighted by Crippen LogP contribution is -2.27. The average Bonchev–Trinajstić information content (AvgIpc) is 2.52. The Bertz CT molecular complexity index is 520. The third-order valence-corrected chi connectivity index (χ3v) is 2.89. The SMILES string of the molecule is Cl.O=C(NCCCNCc1ccccc1)c1ccccn1. The monoisotopic (exact) mass is 305 g/mol. The molecule has 0 saturated carbocycles. The van der Waals surface area contributed by atoms with Crippen LogP contribution in [0.1, 0.15) is 22.5 Å². The molecule has 5 heteroatoms. The minimum absolute atomic E-state index is 0. The number of nitrogens with one attached hydrogen (secondary N) is 2. The Kier molecular flexibility index (Phi) is 8.09. The molecular weight excluding hydrogens is 286 g/mol. The van der Waals surface area contributed by atoms with Gasteiger partial charge < -0.3 is 10.6 Å². The van der Waals surface area contributed by atoms with Gasteiger partial charge in [-0.3, -0.25) is 9.78 Å². The molecule has 2 N–H and O–H groups in total. The minimum Gasteiger partial charge on any atom is -0.351 e. The molecule has 0 spiro atoms. The van der Waals surface area contributed by atoms with Crippen LogP contribution in [0, 0.1) is 0 Å². The molecule has 2 aromatic rings. The Labute approximate surface area is 131 Å². The van der Waals surface area contributed by atoms with E-state index in [-0.39, 0.29) is 18.3 Å². The van der Waals surface area contributed by atoms with Crippen LogP contribution >= 0.6 is 12.4 Å². The van der Waals surface area contributed by atoms with Gasteiger partial charge in [0.15, 0.2) is 0 Å². The summed E-state index contributed by atoms with van der Waals surface area (Å²) in [6.07, 6.45) is 2.52. The first-order chi connectivity index (χ1) is 9.86. The smallest absolute Gasteiger partial charge is 0.269 e. The van der Waals surface area contributed by atoms with E-state index in [9.17, 15) is 4.79 Å². The van der Waals surface area contributed by atoms with Crippen LogP contribution in [0.3, 0.4) is 0 Å². The predicted molar refractivity (Wildman–Crippen MR) is 86.6 cm³/mol. The summed E-state index contributed by atoms with van der Waals surface area (Å²) >= 11 is 0. The molecule has 0 atom stereocenters. The quantitative estimate of drug-likeness (QED) is 0.772. The molecule has 112 valence electrons. The number of hydrogen-bond acceptors (Lipinski definition) is 3. The molecule has 0 aliphatic heterocycles. The largest absolute Gasteiger partial charge is 0.351 e. The van der Waals surface area contributed by atoms with Crippen molar-refractivity contribution in [3.8, 4) is 0 Å². The van der Waals surface area contributed by atoms with E-state index in [1.165, 1.54) is 5.56 Å². The van der Waals surface area contributed by atoms with Crippen molar-refractivity contribution in [2.45, 2.75) is 13.0 Å². The number of halogens is 1. The summed E-state index contributed by atoms with van der Waals surface area (Å²) in [6, 6.07) is 15.6. The lowest BCUT2D eigenvalue weighted by atomic mass is 10.2. The molecule has 0 aliphatic rings. The molecule has 0 bridgehead atoms. The summed E-state index contributed by atoms with van der Waals surface area (Å²) in [5.74, 6) is -0.117. The maximum atomic E-state index is 11.7. The van der Waals surface area contributed by atoms with Gasteiger partial charge in [-0.1, -0.05) is 36.4 Å². The Morgan fingerprint density at radius 3 is 2.48 bits per heavy atom. The van der Waals surface area contributed by atoms with Crippen LogP contribution in [-0.4, -0.2) is 24.0 Å². The number of carbonyl (C=O) groups excluding carboxylic acids is 1. The van der Waals surface area contributed by atoms with Crippen LogP contribution in [-0.2, 0) is 6.54 Å². The maximum Gasteiger partial charge on any atom is 0.269 e. The lowest BCUT2D eigenvalue weighted by molar-refractivity contribution is 0.0948. The summed E-state index contributed by atoms with van der Waals surface area (Å²) in [4.78, 5) is 15.7. The van der Waals surface area contributed by atoms with Crippen molar-refractivity contribution < 1.29 is 4.79 Å². The van der Waals surface area contributed by atoms with Crippen molar-refractivity contribution >= 4 is 18.3 Å². The Balaban J connectivity index is 0.00000220. The first-order valence-corrected chi connectivity index (χ1v) is 6.80. The Morgan fingerprint density at radius 2 is 1.76 bits per heavy atom. The molecular formula is C16H20ClN3O. The van der Waals surface area contributed by atoms with Gasteiger partial charge in [0.25, 0.3) is 5.91 Å². The highest BCUT2D eigenvalue weighted by atomic mass is 35.5. The fraction of sp³-hybridized carbons (Fsp3) is 0.250. The van der Waals surface area contributed by atoms with Crippen LogP contribution < -0.4 is 10.6 Å². The van der Waals surface area contributed by atoms with Crippen molar-refractivity contribution in [3.63, 3.8) is 0 Å². The lowest BCUT2D eigenvalue weighted by Gasteiger charge is -2.06. The third kappa shape index (κ3) is 6.38. The second-order valence-electron chi connectivity index (χ2n) is 4.49. The van der Waals surface area contributed by atoms with Gasteiger partial charge in [-0.25, -0.2) is 0 Å². The highest BCUT2D eigenvalue weighted by Gasteiger charge is 2.03. The molecule has 2 rings (SSSR count). The van der Waals surface area contributed by atoms with Gasteiger partial charge in [0.2, 0.25) is 0 Å². The fourth-order valence-electron chi connectivity index (χ4n) is 1.83. The van der Waals surface area contributed by atoms with E-state index in [0.717, 1.165) is 19.5 Å². The molecule has 1 heterocycles. The van der Waals surface area contributed by atoms with Crippen LogP contribution in [0.5, 0.6) is 0 Å². The van der Waals surface area contributed by atoms with Crippen molar-refractivity contribution in [1.82, 2.24) is 15.6 Å². The molecule has 1 aromatic carbocycles. The van der Waals surface area contributed by atoms with Crippen LogP contribution in [0.2, 0.25) is 0 Å². The first-order valence-electron chi connectivity index (χ1n) is 6.80. The molecule has 0 radical (unpaired) electrons. The molecule has 1 amide bonds. The van der Waals surface area contributed by atoms with Gasteiger partial charge in [0, 0.05) is 19.3 Å². The number of aromatic nitrogens is 1. The standard InChI is InChI=1S/C16H19N3O.ClH/c20-16(15-9-4-5-11-18-15)19-12-6-10-17-13-14-7-2-1-3-8-14;/h1-5,7-9,11,17H,6,10,12-13H2,(H,19,20);1H. The van der Waals surface area contributed by atoms with Crippen molar-refractivity contribution in [2.75, 3.05) is 13.1 Å². The number of carbonyl (C=O) groups is 1. The third-order valence-electron chi connectivity index (χ3n) is 2.89. The summed E-state index contributed by atoms with van der Waals surface area (Å²) in [5.41, 5.74) is 1.73. The highest BCUT2D eigenvalue weighted by molar-refractivity contribution is 5.92. The van der Waals surface area contributed by atoms with Crippen LogP contribution in [0.15, 0.2) is 54.7 Å². The van der Waals surface area contributed by atoms with E-state index in [2.05, 4.69) is 27.8 Å². The zero-order valence-electron chi connectivity index (χ0n) is 11.8. The molecule has 0 unspecified atom stereocenters. The van der Waals surface area contributed by atoms with E-state index in [4.69, 9.17) is 0 Å².